The second-order valence-corrected chi connectivity index (χ2v) is 8.80. The minimum Gasteiger partial charge on any atom is -0.334 e. The first-order valence-electron chi connectivity index (χ1n) is 9.95. The molecular weight excluding hydrogens is 316 g/mol. The minimum atomic E-state index is -0.318. The van der Waals surface area contributed by atoms with Gasteiger partial charge in [0.25, 0.3) is 0 Å². The Morgan fingerprint density at radius 2 is 1.52 bits per heavy atom. The van der Waals surface area contributed by atoms with Crippen LogP contribution in [0.2, 0.25) is 0 Å². The summed E-state index contributed by atoms with van der Waals surface area (Å²) in [6.07, 6.45) is 4.95. The van der Waals surface area contributed by atoms with Crippen LogP contribution >= 0.6 is 0 Å². The number of nitrogens with zero attached hydrogens (tertiary/aromatic N) is 3. The van der Waals surface area contributed by atoms with E-state index in [0.29, 0.717) is 19.0 Å². The van der Waals surface area contributed by atoms with Crippen LogP contribution in [0.25, 0.3) is 0 Å². The highest BCUT2D eigenvalue weighted by Crippen LogP contribution is 2.40. The highest BCUT2D eigenvalue weighted by molar-refractivity contribution is 6.35. The summed E-state index contributed by atoms with van der Waals surface area (Å²) in [5.74, 6) is 0.0872. The molecule has 0 aromatic heterocycles. The number of amides is 2. The molecule has 2 amide bonds. The highest BCUT2D eigenvalue weighted by atomic mass is 16.2. The standard InChI is InChI=1S/C19H34N4O2/c1-15(2)13-21-10-5-19(6-11-21)7-12-23(14-19)18(25)17(24)22-8-3-16(20)4-9-22/h15-16H,3-14,20H2,1-2H3. The Kier molecular flexibility index (Phi) is 5.68. The van der Waals surface area contributed by atoms with Gasteiger partial charge in [0.2, 0.25) is 0 Å². The van der Waals surface area contributed by atoms with Crippen molar-refractivity contribution in [1.29, 1.82) is 0 Å². The zero-order chi connectivity index (χ0) is 18.0. The Labute approximate surface area is 151 Å². The lowest BCUT2D eigenvalue weighted by Gasteiger charge is -2.40. The number of hydrogen-bond acceptors (Lipinski definition) is 4. The summed E-state index contributed by atoms with van der Waals surface area (Å²) in [5, 5.41) is 0. The molecule has 6 nitrogen and oxygen atoms in total. The van der Waals surface area contributed by atoms with Gasteiger partial charge in [-0.1, -0.05) is 13.8 Å². The smallest absolute Gasteiger partial charge is 0.312 e. The van der Waals surface area contributed by atoms with E-state index in [1.54, 1.807) is 4.90 Å². The predicted molar refractivity (Wildman–Crippen MR) is 97.9 cm³/mol. The lowest BCUT2D eigenvalue weighted by Crippen LogP contribution is -2.50. The van der Waals surface area contributed by atoms with E-state index in [9.17, 15) is 9.59 Å². The molecule has 0 aliphatic carbocycles. The van der Waals surface area contributed by atoms with Crippen LogP contribution in [0, 0.1) is 11.3 Å². The maximum atomic E-state index is 12.7. The molecular formula is C19H34N4O2. The fourth-order valence-corrected chi connectivity index (χ4v) is 4.62. The van der Waals surface area contributed by atoms with E-state index in [4.69, 9.17) is 5.73 Å². The van der Waals surface area contributed by atoms with Gasteiger partial charge in [0.15, 0.2) is 0 Å². The molecule has 3 fully saturated rings. The molecule has 3 aliphatic heterocycles. The molecule has 25 heavy (non-hydrogen) atoms. The third-order valence-electron chi connectivity index (χ3n) is 6.28. The van der Waals surface area contributed by atoms with Crippen LogP contribution in [-0.4, -0.2) is 78.4 Å². The molecule has 3 saturated heterocycles. The fraction of sp³-hybridized carbons (Fsp3) is 0.895. The van der Waals surface area contributed by atoms with Crippen molar-refractivity contribution in [1.82, 2.24) is 14.7 Å². The average molecular weight is 351 g/mol. The maximum Gasteiger partial charge on any atom is 0.312 e. The quantitative estimate of drug-likeness (QED) is 0.752. The number of rotatable bonds is 2. The van der Waals surface area contributed by atoms with Crippen LogP contribution in [0.15, 0.2) is 0 Å². The molecule has 3 aliphatic rings. The molecule has 1 spiro atoms. The Morgan fingerprint density at radius 1 is 0.960 bits per heavy atom. The van der Waals surface area contributed by atoms with Crippen LogP contribution in [0.3, 0.4) is 0 Å². The van der Waals surface area contributed by atoms with E-state index in [2.05, 4.69) is 18.7 Å². The normalized spacial score (nSPS) is 25.1. The zero-order valence-corrected chi connectivity index (χ0v) is 15.9. The monoisotopic (exact) mass is 350 g/mol. The number of likely N-dealkylation sites (tertiary alicyclic amines) is 3. The number of nitrogens with two attached hydrogens (primary N) is 1. The van der Waals surface area contributed by atoms with Crippen molar-refractivity contribution in [2.45, 2.75) is 52.0 Å². The Morgan fingerprint density at radius 3 is 2.12 bits per heavy atom. The van der Waals surface area contributed by atoms with E-state index in [1.165, 1.54) is 0 Å². The van der Waals surface area contributed by atoms with Gasteiger partial charge in [0, 0.05) is 38.8 Å². The van der Waals surface area contributed by atoms with E-state index >= 15 is 0 Å². The minimum absolute atomic E-state index is 0.172. The van der Waals surface area contributed by atoms with Gasteiger partial charge >= 0.3 is 11.8 Å². The highest BCUT2D eigenvalue weighted by Gasteiger charge is 2.43. The first-order valence-corrected chi connectivity index (χ1v) is 9.95. The summed E-state index contributed by atoms with van der Waals surface area (Å²) in [7, 11) is 0. The van der Waals surface area contributed by atoms with Crippen molar-refractivity contribution >= 4 is 11.8 Å². The lowest BCUT2D eigenvalue weighted by molar-refractivity contribution is -0.152. The second kappa shape index (κ2) is 7.62. The first kappa shape index (κ1) is 18.6. The van der Waals surface area contributed by atoms with Crippen molar-refractivity contribution < 1.29 is 9.59 Å². The van der Waals surface area contributed by atoms with Gasteiger partial charge in [-0.3, -0.25) is 9.59 Å². The molecule has 0 unspecified atom stereocenters. The van der Waals surface area contributed by atoms with E-state index in [-0.39, 0.29) is 23.3 Å². The summed E-state index contributed by atoms with van der Waals surface area (Å²) < 4.78 is 0. The third kappa shape index (κ3) is 4.34. The predicted octanol–water partition coefficient (Wildman–Crippen LogP) is 0.907. The van der Waals surface area contributed by atoms with Crippen LogP contribution in [0.1, 0.15) is 46.0 Å². The topological polar surface area (TPSA) is 69.9 Å². The van der Waals surface area contributed by atoms with E-state index < -0.39 is 0 Å². The third-order valence-corrected chi connectivity index (χ3v) is 6.28. The van der Waals surface area contributed by atoms with Crippen molar-refractivity contribution in [3.8, 4) is 0 Å². The second-order valence-electron chi connectivity index (χ2n) is 8.80. The van der Waals surface area contributed by atoms with Crippen LogP contribution in [0.4, 0.5) is 0 Å². The first-order chi connectivity index (χ1) is 11.9. The van der Waals surface area contributed by atoms with Crippen LogP contribution in [0.5, 0.6) is 0 Å². The molecule has 2 N–H and O–H groups in total. The molecule has 0 aromatic carbocycles. The molecule has 142 valence electrons. The molecule has 0 bridgehead atoms. The Balaban J connectivity index is 1.51. The van der Waals surface area contributed by atoms with Gasteiger partial charge < -0.3 is 20.4 Å². The van der Waals surface area contributed by atoms with Crippen molar-refractivity contribution in [2.75, 3.05) is 45.8 Å². The van der Waals surface area contributed by atoms with Crippen molar-refractivity contribution in [2.24, 2.45) is 17.1 Å². The molecule has 3 heterocycles. The Bertz CT molecular complexity index is 492. The van der Waals surface area contributed by atoms with Crippen molar-refractivity contribution in [3.05, 3.63) is 0 Å². The van der Waals surface area contributed by atoms with Gasteiger partial charge in [-0.05, 0) is 56.5 Å². The van der Waals surface area contributed by atoms with E-state index in [0.717, 1.165) is 64.8 Å². The summed E-state index contributed by atoms with van der Waals surface area (Å²) in [6, 6.07) is 0.172. The number of carbonyl (C=O) groups is 2. The molecule has 0 saturated carbocycles. The molecule has 0 radical (unpaired) electrons. The van der Waals surface area contributed by atoms with Gasteiger partial charge in [0.1, 0.15) is 0 Å². The average Bonchev–Trinajstić information content (AvgIpc) is 3.00. The molecule has 3 rings (SSSR count). The van der Waals surface area contributed by atoms with Crippen molar-refractivity contribution in [3.63, 3.8) is 0 Å². The largest absolute Gasteiger partial charge is 0.334 e. The maximum absolute atomic E-state index is 12.7. The fourth-order valence-electron chi connectivity index (χ4n) is 4.62. The number of carbonyl (C=O) groups excluding carboxylic acids is 2. The number of hydrogen-bond donors (Lipinski definition) is 1. The van der Waals surface area contributed by atoms with Gasteiger partial charge in [-0.25, -0.2) is 0 Å². The van der Waals surface area contributed by atoms with E-state index in [1.807, 2.05) is 4.90 Å². The summed E-state index contributed by atoms with van der Waals surface area (Å²) in [4.78, 5) is 31.2. The summed E-state index contributed by atoms with van der Waals surface area (Å²) >= 11 is 0. The van der Waals surface area contributed by atoms with Gasteiger partial charge in [0.05, 0.1) is 0 Å². The van der Waals surface area contributed by atoms with Gasteiger partial charge in [-0.15, -0.1) is 0 Å². The molecule has 6 heteroatoms. The SMILES string of the molecule is CC(C)CN1CCC2(CC1)CCN(C(=O)C(=O)N1CCC(N)CC1)C2. The van der Waals surface area contributed by atoms with Gasteiger partial charge in [-0.2, -0.15) is 0 Å². The Hall–Kier alpha value is -1.14. The lowest BCUT2D eigenvalue weighted by atomic mass is 9.77. The molecule has 0 atom stereocenters. The summed E-state index contributed by atoms with van der Waals surface area (Å²) in [5.41, 5.74) is 6.14. The van der Waals surface area contributed by atoms with Crippen LogP contribution < -0.4 is 5.73 Å². The zero-order valence-electron chi connectivity index (χ0n) is 15.9. The molecule has 0 aromatic rings. The van der Waals surface area contributed by atoms with Crippen LogP contribution in [-0.2, 0) is 9.59 Å². The number of piperidine rings is 2. The summed E-state index contributed by atoms with van der Waals surface area (Å²) in [6.45, 7) is 10.7.